The molecule has 0 aliphatic heterocycles. The molecule has 0 aliphatic carbocycles. The molecular formula is C22H29FN2O3S. The number of hydrogen-bond donors (Lipinski definition) is 1. The number of aromatic nitrogens is 1. The molecule has 2 rings (SSSR count). The molecule has 0 saturated carbocycles. The molecule has 7 heteroatoms. The molecule has 0 bridgehead atoms. The summed E-state index contributed by atoms with van der Waals surface area (Å²) in [6, 6.07) is 6.18. The second-order valence-corrected chi connectivity index (χ2v) is 10.5. The maximum absolute atomic E-state index is 14.5. The number of sulfone groups is 1. The van der Waals surface area contributed by atoms with E-state index in [1.165, 1.54) is 32.0 Å². The van der Waals surface area contributed by atoms with Crippen LogP contribution < -0.4 is 4.74 Å². The van der Waals surface area contributed by atoms with Crippen LogP contribution in [0, 0.1) is 25.1 Å². The van der Waals surface area contributed by atoms with E-state index < -0.39 is 26.3 Å². The largest absolute Gasteiger partial charge is 0.455 e. The van der Waals surface area contributed by atoms with Crippen molar-refractivity contribution in [2.75, 3.05) is 5.75 Å². The van der Waals surface area contributed by atoms with E-state index in [-0.39, 0.29) is 17.0 Å². The second kappa shape index (κ2) is 8.61. The van der Waals surface area contributed by atoms with Crippen LogP contribution in [0.25, 0.3) is 0 Å². The summed E-state index contributed by atoms with van der Waals surface area (Å²) in [6.45, 7) is 10.2. The number of benzene rings is 1. The van der Waals surface area contributed by atoms with Gasteiger partial charge in [0.1, 0.15) is 22.1 Å². The van der Waals surface area contributed by atoms with Gasteiger partial charge in [0.2, 0.25) is 0 Å². The number of halogens is 1. The Hall–Kier alpha value is -2.28. The van der Waals surface area contributed by atoms with Crippen molar-refractivity contribution in [3.05, 3.63) is 53.1 Å². The summed E-state index contributed by atoms with van der Waals surface area (Å²) in [6.07, 6.45) is 2.09. The third kappa shape index (κ3) is 5.01. The van der Waals surface area contributed by atoms with Gasteiger partial charge in [-0.2, -0.15) is 0 Å². The average molecular weight is 421 g/mol. The summed E-state index contributed by atoms with van der Waals surface area (Å²) in [5, 5.41) is 8.00. The van der Waals surface area contributed by atoms with Crippen LogP contribution in [0.15, 0.2) is 30.5 Å². The van der Waals surface area contributed by atoms with Crippen molar-refractivity contribution in [1.82, 2.24) is 4.98 Å². The maximum Gasteiger partial charge on any atom is 0.161 e. The molecule has 158 valence electrons. The lowest BCUT2D eigenvalue weighted by Crippen LogP contribution is -2.42. The van der Waals surface area contributed by atoms with E-state index in [0.29, 0.717) is 23.6 Å². The molecule has 1 aromatic carbocycles. The number of pyridine rings is 1. The van der Waals surface area contributed by atoms with E-state index in [4.69, 9.17) is 10.1 Å². The van der Waals surface area contributed by atoms with Crippen LogP contribution in [0.1, 0.15) is 56.9 Å². The van der Waals surface area contributed by atoms with Crippen LogP contribution in [-0.4, -0.2) is 29.6 Å². The van der Waals surface area contributed by atoms with Crippen molar-refractivity contribution in [1.29, 1.82) is 5.41 Å². The standard InChI is InChI=1S/C22H29FN2O3S/c1-7-21(24)22(5,6)29(26,27)13-15(3)18-11-17(8-9-19(18)23)28-20-10-14(2)12-25-16(20)4/h8-12,15,24H,7,13H2,1-6H3/t15-/m0/s1. The Labute approximate surface area is 172 Å². The number of hydrogen-bond acceptors (Lipinski definition) is 5. The number of nitrogens with zero attached hydrogens (tertiary/aromatic N) is 1. The van der Waals surface area contributed by atoms with E-state index >= 15 is 0 Å². The molecule has 1 aromatic heterocycles. The molecule has 0 saturated heterocycles. The first-order chi connectivity index (χ1) is 13.4. The van der Waals surface area contributed by atoms with Gasteiger partial charge in [-0.1, -0.05) is 13.8 Å². The molecule has 1 heterocycles. The zero-order valence-corrected chi connectivity index (χ0v) is 18.7. The third-order valence-corrected chi connectivity index (χ3v) is 7.97. The number of aryl methyl sites for hydroxylation is 2. The van der Waals surface area contributed by atoms with Gasteiger partial charge < -0.3 is 10.1 Å². The monoisotopic (exact) mass is 420 g/mol. The molecule has 5 nitrogen and oxygen atoms in total. The highest BCUT2D eigenvalue weighted by Crippen LogP contribution is 2.32. The number of rotatable bonds is 8. The van der Waals surface area contributed by atoms with Gasteiger partial charge in [0, 0.05) is 11.9 Å². The van der Waals surface area contributed by atoms with Crippen molar-refractivity contribution < 1.29 is 17.5 Å². The van der Waals surface area contributed by atoms with Gasteiger partial charge in [-0.3, -0.25) is 4.98 Å². The lowest BCUT2D eigenvalue weighted by atomic mass is 10.0. The van der Waals surface area contributed by atoms with E-state index in [2.05, 4.69) is 4.98 Å². The Kier molecular flexibility index (Phi) is 6.83. The summed E-state index contributed by atoms with van der Waals surface area (Å²) < 4.78 is 44.9. The van der Waals surface area contributed by atoms with Gasteiger partial charge in [0.15, 0.2) is 9.84 Å². The van der Waals surface area contributed by atoms with Gasteiger partial charge in [-0.25, -0.2) is 12.8 Å². The van der Waals surface area contributed by atoms with E-state index in [1.54, 1.807) is 20.0 Å². The fraction of sp³-hybridized carbons (Fsp3) is 0.455. The Morgan fingerprint density at radius 2 is 1.93 bits per heavy atom. The van der Waals surface area contributed by atoms with Crippen molar-refractivity contribution in [2.45, 2.75) is 58.6 Å². The molecule has 0 spiro atoms. The average Bonchev–Trinajstić information content (AvgIpc) is 2.64. The fourth-order valence-corrected chi connectivity index (χ4v) is 4.82. The number of nitrogens with one attached hydrogen (secondary N) is 1. The Bertz CT molecular complexity index is 1020. The van der Waals surface area contributed by atoms with Crippen LogP contribution in [-0.2, 0) is 9.84 Å². The van der Waals surface area contributed by atoms with Gasteiger partial charge in [-0.15, -0.1) is 0 Å². The first-order valence-corrected chi connectivity index (χ1v) is 11.2. The molecule has 0 amide bonds. The smallest absolute Gasteiger partial charge is 0.161 e. The maximum atomic E-state index is 14.5. The second-order valence-electron chi connectivity index (χ2n) is 7.91. The van der Waals surface area contributed by atoms with Crippen molar-refractivity contribution in [3.8, 4) is 11.5 Å². The zero-order valence-electron chi connectivity index (χ0n) is 17.8. The normalized spacial score (nSPS) is 13.2. The lowest BCUT2D eigenvalue weighted by Gasteiger charge is -2.27. The number of ether oxygens (including phenoxy) is 1. The molecule has 1 atom stereocenters. The van der Waals surface area contributed by atoms with Crippen LogP contribution in [0.4, 0.5) is 4.39 Å². The summed E-state index contributed by atoms with van der Waals surface area (Å²) >= 11 is 0. The van der Waals surface area contributed by atoms with E-state index in [9.17, 15) is 12.8 Å². The molecule has 0 unspecified atom stereocenters. The third-order valence-electron chi connectivity index (χ3n) is 5.23. The quantitative estimate of drug-likeness (QED) is 0.583. The van der Waals surface area contributed by atoms with Crippen LogP contribution >= 0.6 is 0 Å². The molecule has 2 aromatic rings. The minimum absolute atomic E-state index is 0.143. The SMILES string of the molecule is CCC(=N)C(C)(C)S(=O)(=O)C[C@H](C)c1cc(Oc2cc(C)cnc2C)ccc1F. The molecule has 0 fully saturated rings. The highest BCUT2D eigenvalue weighted by atomic mass is 32.2. The highest BCUT2D eigenvalue weighted by Gasteiger charge is 2.38. The van der Waals surface area contributed by atoms with Crippen molar-refractivity contribution in [2.24, 2.45) is 0 Å². The molecule has 1 N–H and O–H groups in total. The zero-order chi connectivity index (χ0) is 22.0. The van der Waals surface area contributed by atoms with Gasteiger partial charge in [0.25, 0.3) is 0 Å². The molecule has 0 radical (unpaired) electrons. The Balaban J connectivity index is 2.31. The predicted molar refractivity (Wildman–Crippen MR) is 114 cm³/mol. The van der Waals surface area contributed by atoms with Crippen LogP contribution in [0.2, 0.25) is 0 Å². The van der Waals surface area contributed by atoms with Crippen LogP contribution in [0.5, 0.6) is 11.5 Å². The summed E-state index contributed by atoms with van der Waals surface area (Å²) in [5.74, 6) is -0.345. The van der Waals surface area contributed by atoms with Crippen LogP contribution in [0.3, 0.4) is 0 Å². The van der Waals surface area contributed by atoms with Crippen molar-refractivity contribution >= 4 is 15.5 Å². The minimum atomic E-state index is -3.66. The first-order valence-electron chi connectivity index (χ1n) is 9.59. The Morgan fingerprint density at radius 3 is 2.55 bits per heavy atom. The summed E-state index contributed by atoms with van der Waals surface area (Å²) in [5.41, 5.74) is 2.05. The van der Waals surface area contributed by atoms with E-state index in [0.717, 1.165) is 5.56 Å². The fourth-order valence-electron chi connectivity index (χ4n) is 3.04. The molecule has 29 heavy (non-hydrogen) atoms. The summed E-state index contributed by atoms with van der Waals surface area (Å²) in [4.78, 5) is 4.25. The Morgan fingerprint density at radius 1 is 1.28 bits per heavy atom. The van der Waals surface area contributed by atoms with Gasteiger partial charge in [-0.05, 0) is 75.4 Å². The van der Waals surface area contributed by atoms with Crippen molar-refractivity contribution in [3.63, 3.8) is 0 Å². The first kappa shape index (κ1) is 23.0. The molecular weight excluding hydrogens is 391 g/mol. The molecule has 0 aliphatic rings. The topological polar surface area (TPSA) is 80.1 Å². The lowest BCUT2D eigenvalue weighted by molar-refractivity contribution is 0.471. The summed E-state index contributed by atoms with van der Waals surface area (Å²) in [7, 11) is -3.66. The highest BCUT2D eigenvalue weighted by molar-refractivity contribution is 7.93. The van der Waals surface area contributed by atoms with Gasteiger partial charge in [0.05, 0.1) is 11.4 Å². The minimum Gasteiger partial charge on any atom is -0.455 e. The predicted octanol–water partition coefficient (Wildman–Crippen LogP) is 5.36. The van der Waals surface area contributed by atoms with E-state index in [1.807, 2.05) is 19.9 Å². The van der Waals surface area contributed by atoms with Gasteiger partial charge >= 0.3 is 0 Å².